The quantitative estimate of drug-likeness (QED) is 0.546. The summed E-state index contributed by atoms with van der Waals surface area (Å²) in [6.45, 7) is 6.84. The van der Waals surface area contributed by atoms with Crippen LogP contribution in [0.3, 0.4) is 0 Å². The van der Waals surface area contributed by atoms with Crippen LogP contribution in [0, 0.1) is 6.92 Å². The van der Waals surface area contributed by atoms with E-state index in [1.165, 1.54) is 16.7 Å². The van der Waals surface area contributed by atoms with Gasteiger partial charge in [0, 0.05) is 32.7 Å². The Kier molecular flexibility index (Phi) is 8.71. The maximum atomic E-state index is 11.4. The van der Waals surface area contributed by atoms with Gasteiger partial charge in [0.05, 0.1) is 19.3 Å². The number of halogens is 1. The van der Waals surface area contributed by atoms with Crippen LogP contribution in [-0.2, 0) is 6.54 Å². The molecule has 0 aliphatic carbocycles. The van der Waals surface area contributed by atoms with Gasteiger partial charge < -0.3 is 9.84 Å². The van der Waals surface area contributed by atoms with Gasteiger partial charge in [-0.15, -0.1) is 12.4 Å². The number of aliphatic hydroxyl groups excluding tert-OH is 1. The summed E-state index contributed by atoms with van der Waals surface area (Å²) in [6.07, 6.45) is -0.560. The molecule has 2 atom stereocenters. The van der Waals surface area contributed by atoms with Crippen molar-refractivity contribution in [1.29, 1.82) is 0 Å². The molecule has 5 heteroatoms. The number of aryl methyl sites for hydroxylation is 1. The van der Waals surface area contributed by atoms with Gasteiger partial charge in [-0.2, -0.15) is 0 Å². The Labute approximate surface area is 197 Å². The number of nitrogens with zero attached hydrogens (tertiary/aromatic N) is 2. The zero-order valence-electron chi connectivity index (χ0n) is 18.9. The highest BCUT2D eigenvalue weighted by Gasteiger charge is 2.31. The molecule has 3 aromatic rings. The van der Waals surface area contributed by atoms with Crippen LogP contribution in [0.1, 0.15) is 34.4 Å². The lowest BCUT2D eigenvalue weighted by Gasteiger charge is -2.41. The predicted octanol–water partition coefficient (Wildman–Crippen LogP) is 5.02. The van der Waals surface area contributed by atoms with Crippen LogP contribution < -0.4 is 4.74 Å². The van der Waals surface area contributed by atoms with Gasteiger partial charge in [-0.3, -0.25) is 9.80 Å². The van der Waals surface area contributed by atoms with Crippen molar-refractivity contribution in [2.24, 2.45) is 0 Å². The van der Waals surface area contributed by atoms with Crippen molar-refractivity contribution >= 4 is 12.4 Å². The molecular weight excluding hydrogens is 420 g/mol. The number of benzene rings is 3. The van der Waals surface area contributed by atoms with Crippen LogP contribution in [0.25, 0.3) is 0 Å². The number of piperazine rings is 1. The van der Waals surface area contributed by atoms with Gasteiger partial charge in [0.25, 0.3) is 0 Å². The molecule has 1 aliphatic heterocycles. The van der Waals surface area contributed by atoms with E-state index in [0.29, 0.717) is 0 Å². The molecule has 2 unspecified atom stereocenters. The molecule has 0 bridgehead atoms. The second-order valence-electron chi connectivity index (χ2n) is 8.37. The summed E-state index contributed by atoms with van der Waals surface area (Å²) in [4.78, 5) is 4.92. The van der Waals surface area contributed by atoms with Crippen molar-refractivity contribution in [3.8, 4) is 5.75 Å². The van der Waals surface area contributed by atoms with Gasteiger partial charge in [0.2, 0.25) is 0 Å². The lowest BCUT2D eigenvalue weighted by atomic mass is 9.93. The van der Waals surface area contributed by atoms with Crippen molar-refractivity contribution in [3.63, 3.8) is 0 Å². The highest BCUT2D eigenvalue weighted by atomic mass is 35.5. The Morgan fingerprint density at radius 3 is 2.12 bits per heavy atom. The number of rotatable bonds is 7. The van der Waals surface area contributed by atoms with Crippen LogP contribution in [0.15, 0.2) is 78.9 Å². The van der Waals surface area contributed by atoms with E-state index in [1.807, 2.05) is 30.3 Å². The third-order valence-electron chi connectivity index (χ3n) is 6.19. The number of ether oxygens (including phenoxy) is 1. The van der Waals surface area contributed by atoms with Crippen molar-refractivity contribution in [1.82, 2.24) is 9.80 Å². The molecule has 0 radical (unpaired) electrons. The normalized spacial score (nSPS) is 16.7. The van der Waals surface area contributed by atoms with Crippen LogP contribution in [-0.4, -0.2) is 48.2 Å². The van der Waals surface area contributed by atoms with Crippen molar-refractivity contribution in [2.75, 3.05) is 33.3 Å². The van der Waals surface area contributed by atoms with Crippen LogP contribution >= 0.6 is 12.4 Å². The molecule has 1 saturated heterocycles. The monoisotopic (exact) mass is 452 g/mol. The second-order valence-corrected chi connectivity index (χ2v) is 8.37. The molecule has 170 valence electrons. The molecule has 4 rings (SSSR count). The maximum Gasteiger partial charge on any atom is 0.118 e. The minimum atomic E-state index is -0.560. The number of aliphatic hydroxyl groups is 1. The fourth-order valence-corrected chi connectivity index (χ4v) is 4.47. The topological polar surface area (TPSA) is 35.9 Å². The van der Waals surface area contributed by atoms with Crippen molar-refractivity contribution < 1.29 is 9.84 Å². The maximum absolute atomic E-state index is 11.4. The summed E-state index contributed by atoms with van der Waals surface area (Å²) in [6, 6.07) is 26.9. The molecule has 1 heterocycles. The third kappa shape index (κ3) is 5.90. The SMILES string of the molecule is COc1ccc(CN2CCN(C(c3ccccc3)C(O)c3cccc(C)c3)CC2)cc1.Cl. The van der Waals surface area contributed by atoms with Gasteiger partial charge in [-0.25, -0.2) is 0 Å². The molecule has 0 amide bonds. The zero-order chi connectivity index (χ0) is 21.6. The van der Waals surface area contributed by atoms with Crippen LogP contribution in [0.4, 0.5) is 0 Å². The highest BCUT2D eigenvalue weighted by Crippen LogP contribution is 2.35. The third-order valence-corrected chi connectivity index (χ3v) is 6.19. The van der Waals surface area contributed by atoms with E-state index in [1.54, 1.807) is 7.11 Å². The summed E-state index contributed by atoms with van der Waals surface area (Å²) in [5, 5.41) is 11.4. The van der Waals surface area contributed by atoms with Gasteiger partial charge in [-0.05, 0) is 35.7 Å². The van der Waals surface area contributed by atoms with E-state index < -0.39 is 6.10 Å². The molecule has 0 aromatic heterocycles. The minimum absolute atomic E-state index is 0. The predicted molar refractivity (Wildman–Crippen MR) is 132 cm³/mol. The van der Waals surface area contributed by atoms with Crippen molar-refractivity contribution in [2.45, 2.75) is 25.6 Å². The van der Waals surface area contributed by atoms with E-state index in [0.717, 1.165) is 44.0 Å². The van der Waals surface area contributed by atoms with Gasteiger partial charge in [0.15, 0.2) is 0 Å². The average Bonchev–Trinajstić information content (AvgIpc) is 2.81. The van der Waals surface area contributed by atoms with E-state index in [9.17, 15) is 5.11 Å². The first-order chi connectivity index (χ1) is 15.1. The van der Waals surface area contributed by atoms with Crippen LogP contribution in [0.5, 0.6) is 5.75 Å². The Morgan fingerprint density at radius 1 is 0.844 bits per heavy atom. The Hall–Kier alpha value is -2.37. The van der Waals surface area contributed by atoms with Crippen molar-refractivity contribution in [3.05, 3.63) is 101 Å². The number of methoxy groups -OCH3 is 1. The summed E-state index contributed by atoms with van der Waals surface area (Å²) in [5.41, 5.74) is 4.62. The first kappa shape index (κ1) is 24.3. The number of hydrogen-bond donors (Lipinski definition) is 1. The highest BCUT2D eigenvalue weighted by molar-refractivity contribution is 5.85. The van der Waals surface area contributed by atoms with E-state index >= 15 is 0 Å². The first-order valence-corrected chi connectivity index (χ1v) is 11.0. The van der Waals surface area contributed by atoms with Crippen LogP contribution in [0.2, 0.25) is 0 Å². The second kappa shape index (κ2) is 11.5. The van der Waals surface area contributed by atoms with Gasteiger partial charge >= 0.3 is 0 Å². The first-order valence-electron chi connectivity index (χ1n) is 11.0. The largest absolute Gasteiger partial charge is 0.497 e. The molecular formula is C27H33ClN2O2. The summed E-state index contributed by atoms with van der Waals surface area (Å²) >= 11 is 0. The Morgan fingerprint density at radius 2 is 1.50 bits per heavy atom. The summed E-state index contributed by atoms with van der Waals surface area (Å²) in [7, 11) is 1.70. The lowest BCUT2D eigenvalue weighted by Crippen LogP contribution is -2.48. The molecule has 32 heavy (non-hydrogen) atoms. The Balaban J connectivity index is 0.00000289. The lowest BCUT2D eigenvalue weighted by molar-refractivity contribution is 0.0148. The smallest absolute Gasteiger partial charge is 0.118 e. The standard InChI is InChI=1S/C27H32N2O2.ClH/c1-21-7-6-10-24(19-21)27(30)26(23-8-4-3-5-9-23)29-17-15-28(16-18-29)20-22-11-13-25(31-2)14-12-22;/h3-14,19,26-27,30H,15-18,20H2,1-2H3;1H. The molecule has 1 N–H and O–H groups in total. The molecule has 1 fully saturated rings. The molecule has 0 spiro atoms. The molecule has 4 nitrogen and oxygen atoms in total. The fourth-order valence-electron chi connectivity index (χ4n) is 4.47. The van der Waals surface area contributed by atoms with Gasteiger partial charge in [-0.1, -0.05) is 72.3 Å². The minimum Gasteiger partial charge on any atom is -0.497 e. The molecule has 3 aromatic carbocycles. The molecule has 0 saturated carbocycles. The fraction of sp³-hybridized carbons (Fsp3) is 0.333. The summed E-state index contributed by atoms with van der Waals surface area (Å²) < 4.78 is 5.26. The Bertz CT molecular complexity index is 957. The van der Waals surface area contributed by atoms with Gasteiger partial charge in [0.1, 0.15) is 5.75 Å². The van der Waals surface area contributed by atoms with E-state index in [-0.39, 0.29) is 18.4 Å². The molecule has 1 aliphatic rings. The van der Waals surface area contributed by atoms with E-state index in [4.69, 9.17) is 4.74 Å². The number of hydrogen-bond acceptors (Lipinski definition) is 4. The zero-order valence-corrected chi connectivity index (χ0v) is 19.7. The average molecular weight is 453 g/mol. The van der Waals surface area contributed by atoms with E-state index in [2.05, 4.69) is 65.3 Å². The summed E-state index contributed by atoms with van der Waals surface area (Å²) in [5.74, 6) is 0.893.